The monoisotopic (exact) mass is 229 g/mol. The van der Waals surface area contributed by atoms with Crippen LogP contribution in [0, 0.1) is 12.8 Å². The van der Waals surface area contributed by atoms with Gasteiger partial charge < -0.3 is 4.42 Å². The maximum atomic E-state index is 12.0. The van der Waals surface area contributed by atoms with Gasteiger partial charge in [0, 0.05) is 12.6 Å². The van der Waals surface area contributed by atoms with Crippen LogP contribution < -0.4 is 0 Å². The molecule has 2 unspecified atom stereocenters. The first-order chi connectivity index (χ1) is 6.93. The topological polar surface area (TPSA) is 50.5 Å². The molecule has 2 heterocycles. The lowest BCUT2D eigenvalue weighted by Crippen LogP contribution is -2.55. The summed E-state index contributed by atoms with van der Waals surface area (Å²) in [5, 5.41) is 0.0544. The van der Waals surface area contributed by atoms with Crippen LogP contribution >= 0.6 is 0 Å². The molecule has 0 amide bonds. The molecule has 0 saturated carbocycles. The van der Waals surface area contributed by atoms with E-state index in [2.05, 4.69) is 0 Å². The van der Waals surface area contributed by atoms with Crippen molar-refractivity contribution < 1.29 is 12.8 Å². The van der Waals surface area contributed by atoms with Gasteiger partial charge in [0.1, 0.15) is 5.76 Å². The van der Waals surface area contributed by atoms with Crippen LogP contribution in [0.25, 0.3) is 0 Å². The van der Waals surface area contributed by atoms with Crippen molar-refractivity contribution in [1.29, 1.82) is 0 Å². The van der Waals surface area contributed by atoms with Crippen molar-refractivity contribution in [2.45, 2.75) is 31.9 Å². The Kier molecular flexibility index (Phi) is 2.39. The molecule has 0 aliphatic carbocycles. The predicted molar refractivity (Wildman–Crippen MR) is 56.0 cm³/mol. The molecule has 0 aromatic carbocycles. The van der Waals surface area contributed by atoms with Gasteiger partial charge in [-0.05, 0) is 31.9 Å². The van der Waals surface area contributed by atoms with Gasteiger partial charge in [-0.15, -0.1) is 0 Å². The minimum Gasteiger partial charge on any atom is -0.449 e. The van der Waals surface area contributed by atoms with Crippen LogP contribution in [0.1, 0.15) is 19.6 Å². The van der Waals surface area contributed by atoms with Gasteiger partial charge in [-0.3, -0.25) is 0 Å². The molecule has 0 N–H and O–H groups in total. The highest BCUT2D eigenvalue weighted by Crippen LogP contribution is 2.31. The number of aryl methyl sites for hydroxylation is 1. The second kappa shape index (κ2) is 3.35. The number of sulfonamides is 1. The van der Waals surface area contributed by atoms with E-state index in [9.17, 15) is 8.42 Å². The standard InChI is InChI=1S/C10H15NO3S/c1-7-6-11(9(7)3)15(12,13)10-5-4-8(2)14-10/h4-5,7,9H,6H2,1-3H3. The van der Waals surface area contributed by atoms with E-state index >= 15 is 0 Å². The van der Waals surface area contributed by atoms with E-state index in [4.69, 9.17) is 4.42 Å². The van der Waals surface area contributed by atoms with E-state index in [-0.39, 0.29) is 11.1 Å². The Hall–Kier alpha value is -0.810. The van der Waals surface area contributed by atoms with Gasteiger partial charge in [-0.2, -0.15) is 4.31 Å². The van der Waals surface area contributed by atoms with Crippen molar-refractivity contribution in [3.05, 3.63) is 17.9 Å². The minimum absolute atomic E-state index is 0.0544. The van der Waals surface area contributed by atoms with E-state index in [1.165, 1.54) is 10.4 Å². The lowest BCUT2D eigenvalue weighted by atomic mass is 9.96. The van der Waals surface area contributed by atoms with Crippen molar-refractivity contribution in [3.63, 3.8) is 0 Å². The second-order valence-electron chi connectivity index (χ2n) is 4.16. The van der Waals surface area contributed by atoms with E-state index in [1.54, 1.807) is 13.0 Å². The largest absolute Gasteiger partial charge is 0.449 e. The molecule has 15 heavy (non-hydrogen) atoms. The Morgan fingerprint density at radius 1 is 1.40 bits per heavy atom. The summed E-state index contributed by atoms with van der Waals surface area (Å²) in [6.07, 6.45) is 0. The number of nitrogens with zero attached hydrogens (tertiary/aromatic N) is 1. The summed E-state index contributed by atoms with van der Waals surface area (Å²) >= 11 is 0. The molecular formula is C10H15NO3S. The van der Waals surface area contributed by atoms with E-state index < -0.39 is 10.0 Å². The van der Waals surface area contributed by atoms with Gasteiger partial charge in [-0.25, -0.2) is 8.42 Å². The first-order valence-corrected chi connectivity index (χ1v) is 6.45. The third kappa shape index (κ3) is 1.59. The maximum Gasteiger partial charge on any atom is 0.276 e. The molecular weight excluding hydrogens is 214 g/mol. The van der Waals surface area contributed by atoms with Crippen LogP contribution in [-0.2, 0) is 10.0 Å². The quantitative estimate of drug-likeness (QED) is 0.774. The summed E-state index contributed by atoms with van der Waals surface area (Å²) in [6.45, 7) is 6.29. The lowest BCUT2D eigenvalue weighted by molar-refractivity contribution is 0.128. The number of hydrogen-bond donors (Lipinski definition) is 0. The van der Waals surface area contributed by atoms with Gasteiger partial charge in [0.05, 0.1) is 0 Å². The fraction of sp³-hybridized carbons (Fsp3) is 0.600. The molecule has 1 aliphatic rings. The first-order valence-electron chi connectivity index (χ1n) is 5.01. The molecule has 1 aliphatic heterocycles. The zero-order valence-corrected chi connectivity index (χ0v) is 9.91. The molecule has 1 aromatic heterocycles. The molecule has 84 valence electrons. The van der Waals surface area contributed by atoms with Gasteiger partial charge in [0.2, 0.25) is 5.09 Å². The van der Waals surface area contributed by atoms with Crippen LogP contribution in [0.3, 0.4) is 0 Å². The molecule has 0 bridgehead atoms. The number of furan rings is 1. The maximum absolute atomic E-state index is 12.0. The number of rotatable bonds is 2. The molecule has 1 fully saturated rings. The predicted octanol–water partition coefficient (Wildman–Crippen LogP) is 1.62. The van der Waals surface area contributed by atoms with Crippen LogP contribution in [-0.4, -0.2) is 25.3 Å². The Labute approximate surface area is 89.9 Å². The van der Waals surface area contributed by atoms with Gasteiger partial charge in [0.25, 0.3) is 10.0 Å². The average Bonchev–Trinajstić information content (AvgIpc) is 2.61. The zero-order valence-electron chi connectivity index (χ0n) is 9.10. The van der Waals surface area contributed by atoms with Crippen LogP contribution in [0.15, 0.2) is 21.6 Å². The summed E-state index contributed by atoms with van der Waals surface area (Å²) in [6, 6.07) is 3.25. The van der Waals surface area contributed by atoms with Crippen molar-refractivity contribution in [1.82, 2.24) is 4.31 Å². The van der Waals surface area contributed by atoms with E-state index in [0.29, 0.717) is 18.2 Å². The van der Waals surface area contributed by atoms with Crippen molar-refractivity contribution >= 4 is 10.0 Å². The summed E-state index contributed by atoms with van der Waals surface area (Å²) in [4.78, 5) is 0. The highest BCUT2D eigenvalue weighted by atomic mass is 32.2. The molecule has 4 nitrogen and oxygen atoms in total. The fourth-order valence-electron chi connectivity index (χ4n) is 1.73. The smallest absolute Gasteiger partial charge is 0.276 e. The molecule has 0 radical (unpaired) electrons. The molecule has 2 rings (SSSR count). The van der Waals surface area contributed by atoms with Crippen molar-refractivity contribution in [2.75, 3.05) is 6.54 Å². The minimum atomic E-state index is -3.40. The number of hydrogen-bond acceptors (Lipinski definition) is 3. The highest BCUT2D eigenvalue weighted by molar-refractivity contribution is 7.89. The lowest BCUT2D eigenvalue weighted by Gasteiger charge is -2.42. The highest BCUT2D eigenvalue weighted by Gasteiger charge is 2.42. The van der Waals surface area contributed by atoms with E-state index in [0.717, 1.165) is 0 Å². The molecule has 2 atom stereocenters. The fourth-order valence-corrected chi connectivity index (χ4v) is 3.52. The molecule has 0 spiro atoms. The van der Waals surface area contributed by atoms with Gasteiger partial charge in [0.15, 0.2) is 0 Å². The zero-order chi connectivity index (χ0) is 11.2. The first kappa shape index (κ1) is 10.7. The summed E-state index contributed by atoms with van der Waals surface area (Å²) in [7, 11) is -3.40. The Bertz CT molecular complexity index is 463. The van der Waals surface area contributed by atoms with Crippen LogP contribution in [0.2, 0.25) is 0 Å². The van der Waals surface area contributed by atoms with Gasteiger partial charge in [-0.1, -0.05) is 6.92 Å². The van der Waals surface area contributed by atoms with Gasteiger partial charge >= 0.3 is 0 Å². The average molecular weight is 229 g/mol. The third-order valence-electron chi connectivity index (χ3n) is 3.02. The Morgan fingerprint density at radius 2 is 2.07 bits per heavy atom. The van der Waals surface area contributed by atoms with Crippen LogP contribution in [0.5, 0.6) is 0 Å². The molecule has 1 saturated heterocycles. The molecule has 5 heteroatoms. The SMILES string of the molecule is Cc1ccc(S(=O)(=O)N2CC(C)C2C)o1. The Morgan fingerprint density at radius 3 is 2.47 bits per heavy atom. The Balaban J connectivity index is 2.29. The van der Waals surface area contributed by atoms with Crippen molar-refractivity contribution in [2.24, 2.45) is 5.92 Å². The summed E-state index contributed by atoms with van der Waals surface area (Å²) in [5.41, 5.74) is 0. The second-order valence-corrected chi connectivity index (χ2v) is 5.98. The normalized spacial score (nSPS) is 27.7. The van der Waals surface area contributed by atoms with E-state index in [1.807, 2.05) is 13.8 Å². The third-order valence-corrected chi connectivity index (χ3v) is 4.85. The summed E-state index contributed by atoms with van der Waals surface area (Å²) in [5.74, 6) is 1.05. The molecule has 1 aromatic rings. The summed E-state index contributed by atoms with van der Waals surface area (Å²) < 4.78 is 30.7. The van der Waals surface area contributed by atoms with Crippen molar-refractivity contribution in [3.8, 4) is 0 Å². The van der Waals surface area contributed by atoms with Crippen LogP contribution in [0.4, 0.5) is 0 Å².